The summed E-state index contributed by atoms with van der Waals surface area (Å²) in [5, 5.41) is 0. The molecule has 1 aliphatic heterocycles. The van der Waals surface area contributed by atoms with Crippen LogP contribution in [-0.2, 0) is 17.6 Å². The number of ether oxygens (including phenoxy) is 1. The van der Waals surface area contributed by atoms with Crippen LogP contribution in [0.3, 0.4) is 0 Å². The number of carbonyl (C=O) groups excluding carboxylic acids is 2. The van der Waals surface area contributed by atoms with E-state index < -0.39 is 19.0 Å². The highest BCUT2D eigenvalue weighted by molar-refractivity contribution is 7.10. The number of fused-ring (bicyclic) bond motifs is 1. The summed E-state index contributed by atoms with van der Waals surface area (Å²) in [6.07, 6.45) is 0.175. The summed E-state index contributed by atoms with van der Waals surface area (Å²) in [5.74, 6) is -0.617. The first-order valence-electron chi connectivity index (χ1n) is 7.95. The van der Waals surface area contributed by atoms with Crippen molar-refractivity contribution in [2.24, 2.45) is 0 Å². The molecule has 1 atom stereocenters. The number of aryl methyl sites for hydroxylation is 1. The first-order chi connectivity index (χ1) is 12.9. The van der Waals surface area contributed by atoms with Gasteiger partial charge in [0.05, 0.1) is 27.9 Å². The molecule has 0 saturated carbocycles. The fraction of sp³-hybridized carbons (Fsp3) is 0.294. The molecule has 1 amide bonds. The third-order valence-corrected chi connectivity index (χ3v) is 4.27. The maximum atomic E-state index is 12.6. The first kappa shape index (κ1) is 19.1. The summed E-state index contributed by atoms with van der Waals surface area (Å²) in [6, 6.07) is 3.23. The molecule has 142 valence electrons. The number of amides is 1. The highest BCUT2D eigenvalue weighted by Gasteiger charge is 2.32. The molecule has 3 rings (SSSR count). The molecule has 0 fully saturated rings. The van der Waals surface area contributed by atoms with Crippen LogP contribution in [0.1, 0.15) is 37.7 Å². The SMILES string of the molecule is Cc1cc(CN2Cc3c(ccnc3C(=O)OP)C2=O)ncc1OCC(F)F. The van der Waals surface area contributed by atoms with Crippen molar-refractivity contribution in [2.45, 2.75) is 26.4 Å². The topological polar surface area (TPSA) is 81.6 Å². The number of pyridine rings is 2. The van der Waals surface area contributed by atoms with Crippen molar-refractivity contribution >= 4 is 21.3 Å². The van der Waals surface area contributed by atoms with Crippen LogP contribution in [0.4, 0.5) is 8.78 Å². The Balaban J connectivity index is 1.76. The van der Waals surface area contributed by atoms with Gasteiger partial charge >= 0.3 is 5.97 Å². The lowest BCUT2D eigenvalue weighted by Crippen LogP contribution is -2.24. The number of hydrogen-bond donors (Lipinski definition) is 0. The predicted molar refractivity (Wildman–Crippen MR) is 93.4 cm³/mol. The molecule has 1 aliphatic rings. The summed E-state index contributed by atoms with van der Waals surface area (Å²) in [5.41, 5.74) is 2.20. The molecule has 2 aromatic rings. The van der Waals surface area contributed by atoms with Gasteiger partial charge in [0.1, 0.15) is 12.4 Å². The van der Waals surface area contributed by atoms with E-state index in [9.17, 15) is 18.4 Å². The van der Waals surface area contributed by atoms with Gasteiger partial charge in [-0.25, -0.2) is 18.6 Å². The van der Waals surface area contributed by atoms with Crippen LogP contribution in [0.15, 0.2) is 24.5 Å². The number of aromatic nitrogens is 2. The van der Waals surface area contributed by atoms with Gasteiger partial charge in [-0.15, -0.1) is 0 Å². The van der Waals surface area contributed by atoms with Crippen LogP contribution >= 0.6 is 9.47 Å². The summed E-state index contributed by atoms with van der Waals surface area (Å²) >= 11 is 0. The number of alkyl halides is 2. The lowest BCUT2D eigenvalue weighted by atomic mass is 10.1. The molecule has 0 saturated heterocycles. The van der Waals surface area contributed by atoms with Gasteiger partial charge in [0.2, 0.25) is 0 Å². The van der Waals surface area contributed by atoms with Crippen molar-refractivity contribution in [2.75, 3.05) is 6.61 Å². The van der Waals surface area contributed by atoms with Crippen LogP contribution in [-0.4, -0.2) is 39.8 Å². The van der Waals surface area contributed by atoms with Gasteiger partial charge < -0.3 is 14.2 Å². The molecular weight excluding hydrogens is 379 g/mol. The highest BCUT2D eigenvalue weighted by Crippen LogP contribution is 2.27. The molecule has 1 unspecified atom stereocenters. The average molecular weight is 395 g/mol. The molecule has 0 radical (unpaired) electrons. The number of carbonyl (C=O) groups is 2. The molecule has 0 bridgehead atoms. The minimum absolute atomic E-state index is 0.0956. The van der Waals surface area contributed by atoms with Crippen molar-refractivity contribution in [3.8, 4) is 5.75 Å². The fourth-order valence-corrected chi connectivity index (χ4v) is 2.94. The van der Waals surface area contributed by atoms with E-state index in [1.165, 1.54) is 17.3 Å². The second-order valence-corrected chi connectivity index (χ2v) is 6.13. The molecule has 3 heterocycles. The number of rotatable bonds is 6. The Hall–Kier alpha value is -2.67. The highest BCUT2D eigenvalue weighted by atomic mass is 31.0. The molecule has 0 aliphatic carbocycles. The Morgan fingerprint density at radius 3 is 2.85 bits per heavy atom. The number of halogens is 2. The van der Waals surface area contributed by atoms with E-state index in [0.29, 0.717) is 22.4 Å². The zero-order valence-corrected chi connectivity index (χ0v) is 15.5. The molecule has 7 nitrogen and oxygen atoms in total. The van der Waals surface area contributed by atoms with E-state index in [4.69, 9.17) is 4.74 Å². The monoisotopic (exact) mass is 395 g/mol. The molecular formula is C17H16F2N3O4P. The minimum atomic E-state index is -2.57. The van der Waals surface area contributed by atoms with Gasteiger partial charge in [0.15, 0.2) is 5.69 Å². The largest absolute Gasteiger partial charge is 0.486 e. The molecule has 0 spiro atoms. The van der Waals surface area contributed by atoms with E-state index in [2.05, 4.69) is 14.5 Å². The molecule has 0 N–H and O–H groups in total. The third kappa shape index (κ3) is 4.03. The van der Waals surface area contributed by atoms with E-state index in [-0.39, 0.29) is 30.4 Å². The smallest absolute Gasteiger partial charge is 0.359 e. The average Bonchev–Trinajstić information content (AvgIpc) is 2.96. The molecule has 27 heavy (non-hydrogen) atoms. The van der Waals surface area contributed by atoms with E-state index in [0.717, 1.165) is 0 Å². The second kappa shape index (κ2) is 7.92. The lowest BCUT2D eigenvalue weighted by molar-refractivity contribution is 0.0744. The summed E-state index contributed by atoms with van der Waals surface area (Å²) in [4.78, 5) is 34.1. The normalized spacial score (nSPS) is 13.1. The van der Waals surface area contributed by atoms with Gasteiger partial charge in [-0.3, -0.25) is 9.78 Å². The third-order valence-electron chi connectivity index (χ3n) is 4.06. The van der Waals surface area contributed by atoms with Gasteiger partial charge in [0.25, 0.3) is 12.3 Å². The van der Waals surface area contributed by atoms with Crippen LogP contribution in [0.25, 0.3) is 0 Å². The maximum absolute atomic E-state index is 12.6. The van der Waals surface area contributed by atoms with Crippen LogP contribution in [0.5, 0.6) is 5.75 Å². The minimum Gasteiger partial charge on any atom is -0.486 e. The zero-order valence-electron chi connectivity index (χ0n) is 14.3. The van der Waals surface area contributed by atoms with Crippen molar-refractivity contribution in [1.29, 1.82) is 0 Å². The molecule has 2 aromatic heterocycles. The standard InChI is InChI=1S/C17H16F2N3O4P/c1-9-4-10(21-5-13(9)25-8-14(18)19)6-22-7-12-11(16(22)23)2-3-20-15(12)17(24)26-27/h2-5,14H,6-8,27H2,1H3. The van der Waals surface area contributed by atoms with Crippen molar-refractivity contribution < 1.29 is 27.6 Å². The van der Waals surface area contributed by atoms with Gasteiger partial charge in [-0.2, -0.15) is 0 Å². The van der Waals surface area contributed by atoms with E-state index in [1.54, 1.807) is 19.1 Å². The second-order valence-electron chi connectivity index (χ2n) is 5.90. The van der Waals surface area contributed by atoms with Gasteiger partial charge in [-0.05, 0) is 24.6 Å². The zero-order chi connectivity index (χ0) is 19.6. The van der Waals surface area contributed by atoms with Crippen molar-refractivity contribution in [1.82, 2.24) is 14.9 Å². The Bertz CT molecular complexity index is 894. The van der Waals surface area contributed by atoms with E-state index >= 15 is 0 Å². The Kier molecular flexibility index (Phi) is 5.60. The molecule has 10 heteroatoms. The van der Waals surface area contributed by atoms with Gasteiger partial charge in [-0.1, -0.05) is 0 Å². The summed E-state index contributed by atoms with van der Waals surface area (Å²) in [6.45, 7) is 1.40. The molecule has 0 aromatic carbocycles. The number of nitrogens with zero attached hydrogens (tertiary/aromatic N) is 3. The summed E-state index contributed by atoms with van der Waals surface area (Å²) < 4.78 is 34.1. The van der Waals surface area contributed by atoms with Crippen molar-refractivity contribution in [3.63, 3.8) is 0 Å². The maximum Gasteiger partial charge on any atom is 0.359 e. The lowest BCUT2D eigenvalue weighted by Gasteiger charge is -2.16. The number of hydrogen-bond acceptors (Lipinski definition) is 6. The summed E-state index contributed by atoms with van der Waals surface area (Å²) in [7, 11) is 1.86. The van der Waals surface area contributed by atoms with Crippen LogP contribution < -0.4 is 4.74 Å². The predicted octanol–water partition coefficient (Wildman–Crippen LogP) is 2.53. The van der Waals surface area contributed by atoms with E-state index in [1.807, 2.05) is 9.47 Å². The first-order valence-corrected chi connectivity index (χ1v) is 8.42. The Morgan fingerprint density at radius 2 is 2.19 bits per heavy atom. The van der Waals surface area contributed by atoms with Crippen LogP contribution in [0, 0.1) is 6.92 Å². The fourth-order valence-electron chi connectivity index (χ4n) is 2.83. The van der Waals surface area contributed by atoms with Crippen molar-refractivity contribution in [3.05, 3.63) is 52.6 Å². The quantitative estimate of drug-likeness (QED) is 0.700. The Morgan fingerprint density at radius 1 is 1.41 bits per heavy atom. The van der Waals surface area contributed by atoms with Crippen LogP contribution in [0.2, 0.25) is 0 Å². The Labute approximate surface area is 156 Å². The van der Waals surface area contributed by atoms with Gasteiger partial charge in [0, 0.05) is 23.9 Å².